The van der Waals surface area contributed by atoms with Crippen molar-refractivity contribution in [3.63, 3.8) is 0 Å². The Bertz CT molecular complexity index is 1640. The van der Waals surface area contributed by atoms with Crippen molar-refractivity contribution in [2.45, 2.75) is 25.2 Å². The zero-order valence-electron chi connectivity index (χ0n) is 22.5. The van der Waals surface area contributed by atoms with Crippen LogP contribution in [-0.4, -0.2) is 34.1 Å². The molecule has 7 N–H and O–H groups in total. The third-order valence-electron chi connectivity index (χ3n) is 6.46. The molecule has 0 aliphatic rings. The second kappa shape index (κ2) is 13.1. The van der Waals surface area contributed by atoms with Crippen molar-refractivity contribution in [2.24, 2.45) is 5.73 Å². The molecule has 0 aliphatic heterocycles. The van der Waals surface area contributed by atoms with Crippen molar-refractivity contribution in [1.29, 1.82) is 0 Å². The van der Waals surface area contributed by atoms with Crippen molar-refractivity contribution in [1.82, 2.24) is 5.32 Å². The van der Waals surface area contributed by atoms with Crippen LogP contribution < -0.4 is 21.7 Å². The molecule has 0 aromatic heterocycles. The van der Waals surface area contributed by atoms with Crippen molar-refractivity contribution < 1.29 is 37.8 Å². The van der Waals surface area contributed by atoms with Crippen molar-refractivity contribution in [3.05, 3.63) is 119 Å². The molecule has 0 heterocycles. The Labute approximate surface area is 244 Å². The first kappa shape index (κ1) is 30.6. The number of carbonyl (C=O) groups excluding carboxylic acids is 1. The van der Waals surface area contributed by atoms with Crippen LogP contribution in [0.3, 0.4) is 0 Å². The molecule has 1 amide bonds. The van der Waals surface area contributed by atoms with Crippen LogP contribution in [0.5, 0.6) is 0 Å². The zero-order chi connectivity index (χ0) is 31.1. The molecule has 43 heavy (non-hydrogen) atoms. The topological polar surface area (TPSA) is 154 Å². The first-order chi connectivity index (χ1) is 20.4. The number of aromatic carboxylic acids is 2. The lowest BCUT2D eigenvalue weighted by Gasteiger charge is -2.19. The maximum atomic E-state index is 13.6. The van der Waals surface area contributed by atoms with Crippen molar-refractivity contribution in [2.75, 3.05) is 10.6 Å². The standard InChI is InChI=1S/C31H27F3N4O5/c32-31(33,34)20-11-13-26(37-24-9-5-4-8-21(24)29(40)41)27(16-20)38-25-12-10-19(14-22(25)30(42)43)17-36-28(39)23(35)15-18-6-2-1-3-7-18/h1-14,16,23,37-38H,15,17,35H2,(H,36,39)(H,40,41)(H,42,43)/t23-/m0/s1. The van der Waals surface area contributed by atoms with Gasteiger partial charge in [0.1, 0.15) is 0 Å². The van der Waals surface area contributed by atoms with Gasteiger partial charge in [-0.15, -0.1) is 0 Å². The lowest BCUT2D eigenvalue weighted by atomic mass is 10.1. The summed E-state index contributed by atoms with van der Waals surface area (Å²) in [5.41, 5.74) is 5.92. The molecule has 0 bridgehead atoms. The largest absolute Gasteiger partial charge is 0.478 e. The highest BCUT2D eigenvalue weighted by atomic mass is 19.4. The summed E-state index contributed by atoms with van der Waals surface area (Å²) in [6.07, 6.45) is -4.40. The molecule has 0 spiro atoms. The molecular weight excluding hydrogens is 565 g/mol. The van der Waals surface area contributed by atoms with Gasteiger partial charge in [0, 0.05) is 6.54 Å². The van der Waals surface area contributed by atoms with Gasteiger partial charge in [-0.3, -0.25) is 4.79 Å². The monoisotopic (exact) mass is 592 g/mol. The minimum absolute atomic E-state index is 0.0303. The van der Waals surface area contributed by atoms with Gasteiger partial charge < -0.3 is 31.9 Å². The van der Waals surface area contributed by atoms with E-state index < -0.39 is 35.6 Å². The van der Waals surface area contributed by atoms with Gasteiger partial charge in [0.15, 0.2) is 0 Å². The predicted molar refractivity (Wildman–Crippen MR) is 155 cm³/mol. The predicted octanol–water partition coefficient (Wildman–Crippen LogP) is 5.78. The summed E-state index contributed by atoms with van der Waals surface area (Å²) in [6.45, 7) is -0.0375. The van der Waals surface area contributed by atoms with Crippen LogP contribution in [0.2, 0.25) is 0 Å². The van der Waals surface area contributed by atoms with Gasteiger partial charge in [-0.2, -0.15) is 13.2 Å². The number of nitrogens with two attached hydrogens (primary N) is 1. The average Bonchev–Trinajstić information content (AvgIpc) is 2.97. The molecule has 0 unspecified atom stereocenters. The van der Waals surface area contributed by atoms with Crippen LogP contribution in [0, 0.1) is 0 Å². The van der Waals surface area contributed by atoms with Gasteiger partial charge in [-0.05, 0) is 60.0 Å². The molecule has 4 aromatic carbocycles. The first-order valence-electron chi connectivity index (χ1n) is 12.9. The number of anilines is 4. The Hall–Kier alpha value is -5.36. The number of carboxylic acids is 2. The van der Waals surface area contributed by atoms with E-state index in [4.69, 9.17) is 5.73 Å². The number of amides is 1. The summed E-state index contributed by atoms with van der Waals surface area (Å²) in [5, 5.41) is 27.6. The second-order valence-electron chi connectivity index (χ2n) is 9.56. The zero-order valence-corrected chi connectivity index (χ0v) is 22.5. The molecule has 0 saturated carbocycles. The summed E-state index contributed by atoms with van der Waals surface area (Å²) >= 11 is 0. The molecule has 4 rings (SSSR count). The molecule has 0 aliphatic carbocycles. The Kier molecular flexibility index (Phi) is 9.31. The third-order valence-corrected chi connectivity index (χ3v) is 6.46. The van der Waals surface area contributed by atoms with Crippen LogP contribution >= 0.6 is 0 Å². The van der Waals surface area contributed by atoms with E-state index in [9.17, 15) is 37.8 Å². The van der Waals surface area contributed by atoms with E-state index in [-0.39, 0.29) is 40.4 Å². The maximum Gasteiger partial charge on any atom is 0.416 e. The average molecular weight is 593 g/mol. The fraction of sp³-hybridized carbons (Fsp3) is 0.129. The minimum atomic E-state index is -4.70. The van der Waals surface area contributed by atoms with Crippen LogP contribution in [0.15, 0.2) is 91.0 Å². The Morgan fingerprint density at radius 2 is 1.30 bits per heavy atom. The number of halogens is 3. The molecule has 9 nitrogen and oxygen atoms in total. The van der Waals surface area contributed by atoms with Gasteiger partial charge in [-0.1, -0.05) is 48.5 Å². The number of carbonyl (C=O) groups is 3. The second-order valence-corrected chi connectivity index (χ2v) is 9.56. The summed E-state index contributed by atoms with van der Waals surface area (Å²) < 4.78 is 40.7. The first-order valence-corrected chi connectivity index (χ1v) is 12.9. The lowest BCUT2D eigenvalue weighted by Crippen LogP contribution is -2.41. The summed E-state index contributed by atoms with van der Waals surface area (Å²) in [7, 11) is 0. The van der Waals surface area contributed by atoms with E-state index in [1.807, 2.05) is 30.3 Å². The molecule has 0 saturated heterocycles. The van der Waals surface area contributed by atoms with Crippen molar-refractivity contribution >= 4 is 40.6 Å². The summed E-state index contributed by atoms with van der Waals surface area (Å²) in [4.78, 5) is 36.3. The smallest absolute Gasteiger partial charge is 0.416 e. The molecule has 4 aromatic rings. The lowest BCUT2D eigenvalue weighted by molar-refractivity contribution is -0.137. The number of alkyl halides is 3. The Morgan fingerprint density at radius 1 is 0.698 bits per heavy atom. The highest BCUT2D eigenvalue weighted by Crippen LogP contribution is 2.37. The number of para-hydroxylation sites is 1. The van der Waals surface area contributed by atoms with Gasteiger partial charge >= 0.3 is 18.1 Å². The van der Waals surface area contributed by atoms with E-state index in [0.29, 0.717) is 12.0 Å². The highest BCUT2D eigenvalue weighted by molar-refractivity contribution is 5.98. The van der Waals surface area contributed by atoms with Crippen LogP contribution in [-0.2, 0) is 23.9 Å². The van der Waals surface area contributed by atoms with Gasteiger partial charge in [-0.25, -0.2) is 9.59 Å². The van der Waals surface area contributed by atoms with Gasteiger partial charge in [0.25, 0.3) is 0 Å². The number of hydrogen-bond acceptors (Lipinski definition) is 6. The number of rotatable bonds is 11. The minimum Gasteiger partial charge on any atom is -0.478 e. The maximum absolute atomic E-state index is 13.6. The SMILES string of the molecule is N[C@@H](Cc1ccccc1)C(=O)NCc1ccc(Nc2cc(C(F)(F)F)ccc2Nc2ccccc2C(=O)O)c(C(=O)O)c1. The van der Waals surface area contributed by atoms with Crippen molar-refractivity contribution in [3.8, 4) is 0 Å². The fourth-order valence-corrected chi connectivity index (χ4v) is 4.27. The number of benzene rings is 4. The van der Waals surface area contributed by atoms with E-state index in [1.165, 1.54) is 36.4 Å². The Morgan fingerprint density at radius 3 is 1.98 bits per heavy atom. The van der Waals surface area contributed by atoms with Crippen LogP contribution in [0.4, 0.5) is 35.9 Å². The number of hydrogen-bond donors (Lipinski definition) is 6. The van der Waals surface area contributed by atoms with Crippen LogP contribution in [0.25, 0.3) is 0 Å². The van der Waals surface area contributed by atoms with E-state index in [1.54, 1.807) is 6.07 Å². The molecule has 222 valence electrons. The normalized spacial score (nSPS) is 11.8. The summed E-state index contributed by atoms with van der Waals surface area (Å²) in [5.74, 6) is -3.06. The number of nitrogens with one attached hydrogen (secondary N) is 3. The third kappa shape index (κ3) is 7.89. The van der Waals surface area contributed by atoms with E-state index >= 15 is 0 Å². The van der Waals surface area contributed by atoms with Gasteiger partial charge in [0.2, 0.25) is 5.91 Å². The van der Waals surface area contributed by atoms with Gasteiger partial charge in [0.05, 0.1) is 45.5 Å². The highest BCUT2D eigenvalue weighted by Gasteiger charge is 2.31. The van der Waals surface area contributed by atoms with E-state index in [0.717, 1.165) is 23.8 Å². The fourth-order valence-electron chi connectivity index (χ4n) is 4.27. The quantitative estimate of drug-likeness (QED) is 0.128. The summed E-state index contributed by atoms with van der Waals surface area (Å²) in [6, 6.07) is 21.1. The molecule has 12 heteroatoms. The molecule has 0 fully saturated rings. The Balaban J connectivity index is 1.58. The molecule has 1 atom stereocenters. The van der Waals surface area contributed by atoms with Crippen LogP contribution in [0.1, 0.15) is 37.4 Å². The number of carboxylic acid groups (broad SMARTS) is 2. The molecular formula is C31H27F3N4O5. The van der Waals surface area contributed by atoms with E-state index in [2.05, 4.69) is 16.0 Å². The molecule has 0 radical (unpaired) electrons.